The van der Waals surface area contributed by atoms with Crippen molar-refractivity contribution in [2.45, 2.75) is 25.4 Å². The van der Waals surface area contributed by atoms with Gasteiger partial charge in [0.2, 0.25) is 11.9 Å². The number of piperidine rings is 1. The molecular weight excluding hydrogens is 544 g/mol. The fraction of sp³-hybridized carbons (Fsp3) is 0.333. The highest BCUT2D eigenvalue weighted by atomic mass is 35.5. The van der Waals surface area contributed by atoms with Gasteiger partial charge in [0.05, 0.1) is 27.9 Å². The lowest BCUT2D eigenvalue weighted by atomic mass is 9.82. The summed E-state index contributed by atoms with van der Waals surface area (Å²) >= 11 is 12.8. The lowest BCUT2D eigenvalue weighted by Crippen LogP contribution is -2.51. The van der Waals surface area contributed by atoms with Gasteiger partial charge in [0, 0.05) is 37.1 Å². The number of likely N-dealkylation sites (tertiary alicyclic amines) is 1. The van der Waals surface area contributed by atoms with Crippen LogP contribution in [-0.4, -0.2) is 65.1 Å². The largest absolute Gasteiger partial charge is 0.385 e. The zero-order chi connectivity index (χ0) is 27.5. The van der Waals surface area contributed by atoms with Gasteiger partial charge in [-0.05, 0) is 56.6 Å². The Hall–Kier alpha value is -3.31. The van der Waals surface area contributed by atoms with Crippen molar-refractivity contribution in [2.75, 3.05) is 48.3 Å². The second kappa shape index (κ2) is 9.71. The van der Waals surface area contributed by atoms with Gasteiger partial charge in [0.15, 0.2) is 5.82 Å². The van der Waals surface area contributed by atoms with Gasteiger partial charge < -0.3 is 15.3 Å². The number of nitrogens with zero attached hydrogens (tertiary/aromatic N) is 6. The first-order valence-corrected chi connectivity index (χ1v) is 13.4. The highest BCUT2D eigenvalue weighted by Crippen LogP contribution is 2.40. The highest BCUT2D eigenvalue weighted by molar-refractivity contribution is 6.43. The van der Waals surface area contributed by atoms with Gasteiger partial charge in [-0.2, -0.15) is 4.98 Å². The van der Waals surface area contributed by atoms with Crippen molar-refractivity contribution in [1.29, 1.82) is 0 Å². The molecule has 9 nitrogen and oxygen atoms in total. The van der Waals surface area contributed by atoms with Crippen molar-refractivity contribution in [3.8, 4) is 0 Å². The average Bonchev–Trinajstić information content (AvgIpc) is 3.37. The third-order valence-electron chi connectivity index (χ3n) is 7.46. The van der Waals surface area contributed by atoms with Crippen LogP contribution in [-0.2, 0) is 5.60 Å². The first kappa shape index (κ1) is 25.9. The monoisotopic (exact) mass is 569 g/mol. The Morgan fingerprint density at radius 3 is 2.54 bits per heavy atom. The lowest BCUT2D eigenvalue weighted by molar-refractivity contribution is -0.0234. The fourth-order valence-electron chi connectivity index (χ4n) is 5.51. The summed E-state index contributed by atoms with van der Waals surface area (Å²) in [5, 5.41) is 14.9. The SMILES string of the molecule is Cc1cc(Nc2ncc3c(n2)N2CCN=C2N(c2c(Cl)cccc2Cl)C3=O)cc(F)c1C1(O)CCN(C)CC1. The highest BCUT2D eigenvalue weighted by Gasteiger charge is 2.41. The van der Waals surface area contributed by atoms with Crippen LogP contribution in [0.5, 0.6) is 0 Å². The Balaban J connectivity index is 1.32. The Labute approximate surface area is 234 Å². The zero-order valence-corrected chi connectivity index (χ0v) is 22.9. The number of para-hydroxylation sites is 1. The molecule has 0 atom stereocenters. The van der Waals surface area contributed by atoms with Gasteiger partial charge in [-0.25, -0.2) is 14.3 Å². The summed E-state index contributed by atoms with van der Waals surface area (Å²) in [4.78, 5) is 32.4. The number of halogens is 3. The molecule has 1 saturated heterocycles. The van der Waals surface area contributed by atoms with Crippen molar-refractivity contribution in [3.63, 3.8) is 0 Å². The maximum atomic E-state index is 15.4. The smallest absolute Gasteiger partial charge is 0.270 e. The molecule has 1 amide bonds. The van der Waals surface area contributed by atoms with Gasteiger partial charge in [0.25, 0.3) is 5.91 Å². The number of aliphatic hydroxyl groups is 1. The summed E-state index contributed by atoms with van der Waals surface area (Å²) in [7, 11) is 1.99. The normalized spacial score (nSPS) is 18.6. The van der Waals surface area contributed by atoms with E-state index in [0.717, 1.165) is 0 Å². The van der Waals surface area contributed by atoms with E-state index < -0.39 is 17.3 Å². The van der Waals surface area contributed by atoms with Crippen LogP contribution < -0.4 is 15.1 Å². The summed E-state index contributed by atoms with van der Waals surface area (Å²) in [6, 6.07) is 8.14. The van der Waals surface area contributed by atoms with E-state index in [9.17, 15) is 9.90 Å². The van der Waals surface area contributed by atoms with Crippen LogP contribution in [0.15, 0.2) is 41.5 Å². The maximum Gasteiger partial charge on any atom is 0.270 e. The molecule has 39 heavy (non-hydrogen) atoms. The Morgan fingerprint density at radius 1 is 1.13 bits per heavy atom. The second-order valence-corrected chi connectivity index (χ2v) is 10.9. The van der Waals surface area contributed by atoms with Gasteiger partial charge in [-0.1, -0.05) is 29.3 Å². The quantitative estimate of drug-likeness (QED) is 0.469. The number of amides is 1. The van der Waals surface area contributed by atoms with E-state index in [1.165, 1.54) is 17.2 Å². The van der Waals surface area contributed by atoms with Crippen LogP contribution in [0.25, 0.3) is 0 Å². The molecule has 3 aliphatic rings. The van der Waals surface area contributed by atoms with E-state index in [1.807, 2.05) is 11.9 Å². The molecule has 2 aromatic carbocycles. The predicted molar refractivity (Wildman–Crippen MR) is 150 cm³/mol. The molecule has 0 saturated carbocycles. The Kier molecular flexibility index (Phi) is 6.46. The number of aryl methyl sites for hydroxylation is 1. The third-order valence-corrected chi connectivity index (χ3v) is 8.07. The number of anilines is 4. The number of fused-ring (bicyclic) bond motifs is 3. The molecule has 3 aromatic rings. The predicted octanol–water partition coefficient (Wildman–Crippen LogP) is 4.72. The van der Waals surface area contributed by atoms with Gasteiger partial charge >= 0.3 is 0 Å². The maximum absolute atomic E-state index is 15.4. The summed E-state index contributed by atoms with van der Waals surface area (Å²) in [6.07, 6.45) is 2.36. The molecule has 4 heterocycles. The fourth-order valence-corrected chi connectivity index (χ4v) is 6.07. The van der Waals surface area contributed by atoms with Crippen LogP contribution in [0.2, 0.25) is 10.0 Å². The summed E-state index contributed by atoms with van der Waals surface area (Å²) in [5.74, 6) is 0.0777. The van der Waals surface area contributed by atoms with E-state index in [2.05, 4.69) is 25.2 Å². The van der Waals surface area contributed by atoms with Gasteiger partial charge in [-0.15, -0.1) is 0 Å². The minimum absolute atomic E-state index is 0.196. The number of carbonyl (C=O) groups excluding carboxylic acids is 1. The number of hydrogen-bond acceptors (Lipinski definition) is 8. The van der Waals surface area contributed by atoms with E-state index >= 15 is 4.39 Å². The molecule has 1 fully saturated rings. The van der Waals surface area contributed by atoms with Crippen LogP contribution in [0.3, 0.4) is 0 Å². The molecule has 12 heteroatoms. The van der Waals surface area contributed by atoms with Crippen molar-refractivity contribution in [2.24, 2.45) is 4.99 Å². The number of nitrogens with one attached hydrogen (secondary N) is 1. The van der Waals surface area contributed by atoms with Crippen molar-refractivity contribution in [3.05, 3.63) is 69.1 Å². The Morgan fingerprint density at radius 2 is 1.85 bits per heavy atom. The summed E-state index contributed by atoms with van der Waals surface area (Å²) in [6.45, 7) is 4.13. The molecule has 2 N–H and O–H groups in total. The summed E-state index contributed by atoms with van der Waals surface area (Å²) in [5.41, 5.74) is 0.811. The Bertz CT molecular complexity index is 1480. The number of aromatic nitrogens is 2. The number of aliphatic imine (C=N–C) groups is 1. The van der Waals surface area contributed by atoms with E-state index in [0.29, 0.717) is 83.3 Å². The van der Waals surface area contributed by atoms with E-state index in [-0.39, 0.29) is 11.5 Å². The van der Waals surface area contributed by atoms with Crippen LogP contribution in [0, 0.1) is 12.7 Å². The first-order chi connectivity index (χ1) is 18.7. The van der Waals surface area contributed by atoms with Crippen LogP contribution >= 0.6 is 23.2 Å². The van der Waals surface area contributed by atoms with Gasteiger partial charge in [0.1, 0.15) is 11.4 Å². The molecule has 0 spiro atoms. The zero-order valence-electron chi connectivity index (χ0n) is 21.4. The van der Waals surface area contributed by atoms with Gasteiger partial charge in [-0.3, -0.25) is 14.7 Å². The molecule has 0 radical (unpaired) electrons. The third kappa shape index (κ3) is 4.41. The molecule has 202 valence electrons. The molecular formula is C27H26Cl2FN7O2. The van der Waals surface area contributed by atoms with Crippen molar-refractivity contribution in [1.82, 2.24) is 14.9 Å². The second-order valence-electron chi connectivity index (χ2n) is 10.1. The topological polar surface area (TPSA) is 97.2 Å². The van der Waals surface area contributed by atoms with Crippen LogP contribution in [0.1, 0.15) is 34.3 Å². The summed E-state index contributed by atoms with van der Waals surface area (Å²) < 4.78 is 15.4. The van der Waals surface area contributed by atoms with Crippen molar-refractivity contribution >= 4 is 58.2 Å². The number of carbonyl (C=O) groups is 1. The van der Waals surface area contributed by atoms with E-state index in [4.69, 9.17) is 23.2 Å². The number of guanidine groups is 1. The van der Waals surface area contributed by atoms with Crippen LogP contribution in [0.4, 0.5) is 27.5 Å². The van der Waals surface area contributed by atoms with E-state index in [1.54, 1.807) is 31.2 Å². The standard InChI is InChI=1S/C27H26Cl2FN7O2/c1-15-12-16(13-20(30)21(15)27(39)6-9-35(2)10-7-27)33-25-32-14-17-23(34-25)36-11-8-31-26(36)37(24(17)38)22-18(28)4-3-5-19(22)29/h3-5,12-14,39H,6-11H2,1-2H3,(H,32,33,34). The number of benzene rings is 2. The van der Waals surface area contributed by atoms with Crippen molar-refractivity contribution < 1.29 is 14.3 Å². The number of rotatable bonds is 4. The molecule has 0 bridgehead atoms. The minimum atomic E-state index is -1.20. The molecule has 0 unspecified atom stereocenters. The molecule has 0 aliphatic carbocycles. The average molecular weight is 570 g/mol. The lowest BCUT2D eigenvalue weighted by Gasteiger charge is -2.38. The molecule has 3 aliphatic heterocycles. The first-order valence-electron chi connectivity index (χ1n) is 12.6. The molecule has 6 rings (SSSR count). The molecule has 1 aromatic heterocycles. The minimum Gasteiger partial charge on any atom is -0.385 e. The number of hydrogen-bond donors (Lipinski definition) is 2.